The van der Waals surface area contributed by atoms with Gasteiger partial charge in [-0.1, -0.05) is 86.0 Å². The molecule has 1 aromatic heterocycles. The van der Waals surface area contributed by atoms with E-state index in [-0.39, 0.29) is 23.1 Å². The number of thiophene rings is 1. The molecule has 2 atom stereocenters. The molecule has 40 heavy (non-hydrogen) atoms. The molecule has 0 saturated heterocycles. The predicted molar refractivity (Wildman–Crippen MR) is 159 cm³/mol. The van der Waals surface area contributed by atoms with Crippen molar-refractivity contribution in [3.63, 3.8) is 0 Å². The third-order valence-electron chi connectivity index (χ3n) is 7.34. The van der Waals surface area contributed by atoms with Crippen molar-refractivity contribution in [2.45, 2.75) is 44.3 Å². The third-order valence-corrected chi connectivity index (χ3v) is 9.07. The van der Waals surface area contributed by atoms with E-state index in [1.165, 1.54) is 24.1 Å². The summed E-state index contributed by atoms with van der Waals surface area (Å²) in [6.07, 6.45) is 4.78. The summed E-state index contributed by atoms with van der Waals surface area (Å²) in [5, 5.41) is 9.55. The van der Waals surface area contributed by atoms with E-state index in [1.807, 2.05) is 60.7 Å². The van der Waals surface area contributed by atoms with Crippen LogP contribution in [-0.4, -0.2) is 17.0 Å². The maximum Gasteiger partial charge on any atom is 2.00 e. The monoisotopic (exact) mass is 620 g/mol. The molecule has 0 amide bonds. The summed E-state index contributed by atoms with van der Waals surface area (Å²) in [6.45, 7) is 0.942. The molecule has 1 fully saturated rings. The zero-order valence-electron chi connectivity index (χ0n) is 21.7. The first kappa shape index (κ1) is 28.8. The van der Waals surface area contributed by atoms with Gasteiger partial charge in [0, 0.05) is 22.5 Å². The number of benzene rings is 4. The molecule has 1 radical (unpaired) electrons. The van der Waals surface area contributed by atoms with Crippen LogP contribution in [-0.2, 0) is 28.2 Å². The SMILES string of the molecule is O=P1(O)Oc2ccc3ccccc3c2-c2c(ccc3ccccc23)O1.[Cu+2].[NH-]C1CCCC[C@H]1NCc1cccs1. The van der Waals surface area contributed by atoms with Crippen LogP contribution in [0.15, 0.2) is 90.3 Å². The van der Waals surface area contributed by atoms with Crippen LogP contribution in [0.5, 0.6) is 11.5 Å². The van der Waals surface area contributed by atoms with E-state index in [4.69, 9.17) is 14.8 Å². The molecule has 2 aliphatic rings. The Morgan fingerprint density at radius 1 is 0.825 bits per heavy atom. The Hall–Kier alpha value is -2.67. The van der Waals surface area contributed by atoms with Crippen molar-refractivity contribution in [2.75, 3.05) is 0 Å². The topological polar surface area (TPSA) is 91.6 Å². The average Bonchev–Trinajstić information content (AvgIpc) is 3.42. The second-order valence-electron chi connectivity index (χ2n) is 9.93. The van der Waals surface area contributed by atoms with Gasteiger partial charge in [-0.3, -0.25) is 4.89 Å². The van der Waals surface area contributed by atoms with Crippen molar-refractivity contribution in [3.8, 4) is 22.6 Å². The van der Waals surface area contributed by atoms with E-state index in [0.29, 0.717) is 17.5 Å². The van der Waals surface area contributed by atoms with Gasteiger partial charge in [-0.15, -0.1) is 17.4 Å². The van der Waals surface area contributed by atoms with Crippen LogP contribution in [0.4, 0.5) is 0 Å². The minimum Gasteiger partial charge on any atom is -0.673 e. The fraction of sp³-hybridized carbons (Fsp3) is 0.226. The van der Waals surface area contributed by atoms with E-state index in [0.717, 1.165) is 45.6 Å². The Labute approximate surface area is 248 Å². The molecule has 0 spiro atoms. The van der Waals surface area contributed by atoms with Crippen LogP contribution in [0.25, 0.3) is 38.4 Å². The van der Waals surface area contributed by atoms with Gasteiger partial charge >= 0.3 is 24.9 Å². The number of hydrogen-bond donors (Lipinski definition) is 2. The van der Waals surface area contributed by atoms with E-state index >= 15 is 0 Å². The number of phosphoric acid groups is 1. The maximum absolute atomic E-state index is 12.4. The van der Waals surface area contributed by atoms with Gasteiger partial charge in [0.25, 0.3) is 0 Å². The van der Waals surface area contributed by atoms with Crippen LogP contribution in [0.3, 0.4) is 0 Å². The van der Waals surface area contributed by atoms with Crippen molar-refractivity contribution in [1.29, 1.82) is 0 Å². The largest absolute Gasteiger partial charge is 2.00 e. The molecular formula is C31H30CuN2O4PS+. The van der Waals surface area contributed by atoms with E-state index in [1.54, 1.807) is 23.5 Å². The van der Waals surface area contributed by atoms with Gasteiger partial charge in [0.05, 0.1) is 0 Å². The van der Waals surface area contributed by atoms with Gasteiger partial charge in [-0.25, -0.2) is 4.57 Å². The first-order valence-electron chi connectivity index (χ1n) is 13.2. The number of nitrogens with one attached hydrogen (secondary N) is 2. The molecule has 2 heterocycles. The van der Waals surface area contributed by atoms with Crippen molar-refractivity contribution in [1.82, 2.24) is 5.32 Å². The molecule has 7 rings (SSSR count). The first-order chi connectivity index (χ1) is 19.0. The third kappa shape index (κ3) is 6.14. The Balaban J connectivity index is 0.000000184. The quantitative estimate of drug-likeness (QED) is 0.155. The molecule has 4 aromatic carbocycles. The molecule has 1 saturated carbocycles. The van der Waals surface area contributed by atoms with E-state index in [2.05, 4.69) is 22.8 Å². The molecular weight excluding hydrogens is 591 g/mol. The summed E-state index contributed by atoms with van der Waals surface area (Å²) in [5.41, 5.74) is 9.45. The van der Waals surface area contributed by atoms with Gasteiger partial charge < -0.3 is 20.1 Å². The second kappa shape index (κ2) is 12.5. The summed E-state index contributed by atoms with van der Waals surface area (Å²) in [6, 6.07) is 27.8. The molecule has 209 valence electrons. The zero-order chi connectivity index (χ0) is 26.8. The van der Waals surface area contributed by atoms with Crippen molar-refractivity contribution < 1.29 is 35.6 Å². The van der Waals surface area contributed by atoms with Crippen molar-refractivity contribution >= 4 is 40.7 Å². The smallest absolute Gasteiger partial charge is 0.673 e. The van der Waals surface area contributed by atoms with Gasteiger partial charge in [0.2, 0.25) is 0 Å². The average molecular weight is 621 g/mol. The second-order valence-corrected chi connectivity index (χ2v) is 12.3. The Morgan fingerprint density at radius 3 is 1.95 bits per heavy atom. The summed E-state index contributed by atoms with van der Waals surface area (Å²) >= 11 is 1.79. The Kier molecular flexibility index (Phi) is 8.98. The van der Waals surface area contributed by atoms with E-state index < -0.39 is 7.82 Å². The minimum atomic E-state index is -4.25. The van der Waals surface area contributed by atoms with Gasteiger partial charge in [-0.05, 0) is 57.6 Å². The minimum absolute atomic E-state index is 0. The van der Waals surface area contributed by atoms with Crippen molar-refractivity contribution in [2.24, 2.45) is 0 Å². The normalized spacial score (nSPS) is 19.1. The number of fused-ring (bicyclic) bond motifs is 7. The molecule has 3 N–H and O–H groups in total. The zero-order valence-corrected chi connectivity index (χ0v) is 24.3. The van der Waals surface area contributed by atoms with Crippen LogP contribution < -0.4 is 14.4 Å². The van der Waals surface area contributed by atoms with Gasteiger partial charge in [0.1, 0.15) is 11.5 Å². The van der Waals surface area contributed by atoms with Gasteiger partial charge in [-0.2, -0.15) is 0 Å². The fourth-order valence-electron chi connectivity index (χ4n) is 5.46. The Bertz CT molecular complexity index is 1570. The number of rotatable bonds is 3. The predicted octanol–water partition coefficient (Wildman–Crippen LogP) is 8.73. The van der Waals surface area contributed by atoms with Crippen LogP contribution in [0, 0.1) is 0 Å². The summed E-state index contributed by atoms with van der Waals surface area (Å²) in [7, 11) is -4.25. The van der Waals surface area contributed by atoms with Crippen LogP contribution >= 0.6 is 19.2 Å². The first-order valence-corrected chi connectivity index (χ1v) is 15.6. The van der Waals surface area contributed by atoms with Gasteiger partial charge in [0.15, 0.2) is 0 Å². The van der Waals surface area contributed by atoms with Crippen LogP contribution in [0.2, 0.25) is 0 Å². The number of hydrogen-bond acceptors (Lipinski definition) is 5. The number of phosphoric ester groups is 1. The summed E-state index contributed by atoms with van der Waals surface area (Å²) < 4.78 is 23.1. The summed E-state index contributed by atoms with van der Waals surface area (Å²) in [5.74, 6) is 0.694. The molecule has 1 unspecified atom stereocenters. The van der Waals surface area contributed by atoms with E-state index in [9.17, 15) is 9.46 Å². The molecule has 1 aliphatic carbocycles. The molecule has 5 aromatic rings. The maximum atomic E-state index is 12.4. The van der Waals surface area contributed by atoms with Crippen LogP contribution in [0.1, 0.15) is 30.6 Å². The Morgan fingerprint density at radius 2 is 1.40 bits per heavy atom. The molecule has 1 aliphatic heterocycles. The van der Waals surface area contributed by atoms with Crippen molar-refractivity contribution in [3.05, 3.63) is 101 Å². The molecule has 6 nitrogen and oxygen atoms in total. The molecule has 0 bridgehead atoms. The fourth-order valence-corrected chi connectivity index (χ4v) is 6.95. The summed E-state index contributed by atoms with van der Waals surface area (Å²) in [4.78, 5) is 11.5. The molecule has 9 heteroatoms. The standard InChI is InChI=1S/C20H13O4P.C11H17N2S.Cu/c21-25(22)23-17-11-9-13-5-1-3-7-15(13)19(17)20-16-8-4-2-6-14(16)10-12-18(20)24-25;12-10-5-1-2-6-11(10)13-8-9-4-3-7-14-9;/h1-12H,(H,21,22);3-4,7,10-13H,1-2,5-6,8H2;/q;-1;+2/t;10?,11-;/m.1./s1.